The first-order valence-electron chi connectivity index (χ1n) is 9.74. The molecule has 1 fully saturated rings. The number of hydrogen-bond donors (Lipinski definition) is 1. The summed E-state index contributed by atoms with van der Waals surface area (Å²) in [5, 5.41) is 16.1. The summed E-state index contributed by atoms with van der Waals surface area (Å²) in [7, 11) is 0. The minimum atomic E-state index is -1.62. The standard InChI is InChI=1S/C20H19F3N6O3/c1-11-6-29-16(15(5-25-29)28-9-20(2,8-24)10-32-19(28)31)7-27(11)18(30)26-12-3-13(21)17(23)14(22)4-12/h3-5,11H,6-7,9-10H2,1-2H3,(H,26,30)/t11-,20?/m0/s1. The molecule has 2 aliphatic heterocycles. The number of fused-ring (bicyclic) bond motifs is 1. The Morgan fingerprint density at radius 2 is 2.03 bits per heavy atom. The molecule has 0 saturated carbocycles. The number of halogens is 3. The number of carbonyl (C=O) groups is 2. The summed E-state index contributed by atoms with van der Waals surface area (Å²) >= 11 is 0. The predicted octanol–water partition coefficient (Wildman–Crippen LogP) is 3.22. The van der Waals surface area contributed by atoms with Gasteiger partial charge in [-0.3, -0.25) is 9.58 Å². The monoisotopic (exact) mass is 448 g/mol. The molecule has 3 amide bonds. The van der Waals surface area contributed by atoms with Gasteiger partial charge in [0.25, 0.3) is 0 Å². The fourth-order valence-corrected chi connectivity index (χ4v) is 3.72. The van der Waals surface area contributed by atoms with Gasteiger partial charge in [0.15, 0.2) is 17.5 Å². The van der Waals surface area contributed by atoms with Gasteiger partial charge in [-0.25, -0.2) is 22.8 Å². The van der Waals surface area contributed by atoms with Gasteiger partial charge in [0, 0.05) is 17.8 Å². The summed E-state index contributed by atoms with van der Waals surface area (Å²) in [5.41, 5.74) is -0.200. The lowest BCUT2D eigenvalue weighted by molar-refractivity contribution is 0.0973. The molecule has 1 aromatic carbocycles. The van der Waals surface area contributed by atoms with Crippen LogP contribution in [-0.2, 0) is 17.8 Å². The van der Waals surface area contributed by atoms with Crippen LogP contribution in [0.2, 0.25) is 0 Å². The van der Waals surface area contributed by atoms with Crippen molar-refractivity contribution in [2.24, 2.45) is 5.41 Å². The summed E-state index contributed by atoms with van der Waals surface area (Å²) in [5.74, 6) is -4.46. The van der Waals surface area contributed by atoms with Crippen LogP contribution in [0.1, 0.15) is 19.5 Å². The molecule has 9 nitrogen and oxygen atoms in total. The smallest absolute Gasteiger partial charge is 0.414 e. The number of anilines is 2. The summed E-state index contributed by atoms with van der Waals surface area (Å²) in [4.78, 5) is 27.9. The molecule has 1 N–H and O–H groups in total. The quantitative estimate of drug-likeness (QED) is 0.711. The van der Waals surface area contributed by atoms with Gasteiger partial charge in [-0.1, -0.05) is 0 Å². The maximum atomic E-state index is 13.5. The van der Waals surface area contributed by atoms with Gasteiger partial charge >= 0.3 is 12.1 Å². The minimum Gasteiger partial charge on any atom is -0.447 e. The Labute approximate surface area is 180 Å². The number of amides is 3. The van der Waals surface area contributed by atoms with Crippen molar-refractivity contribution in [2.75, 3.05) is 23.4 Å². The highest BCUT2D eigenvalue weighted by molar-refractivity contribution is 5.91. The summed E-state index contributed by atoms with van der Waals surface area (Å²) in [6.07, 6.45) is 0.846. The maximum Gasteiger partial charge on any atom is 0.414 e. The fourth-order valence-electron chi connectivity index (χ4n) is 3.72. The molecule has 4 rings (SSSR count). The predicted molar refractivity (Wildman–Crippen MR) is 105 cm³/mol. The van der Waals surface area contributed by atoms with Crippen molar-refractivity contribution in [3.05, 3.63) is 41.5 Å². The summed E-state index contributed by atoms with van der Waals surface area (Å²) in [6.45, 7) is 3.83. The number of aromatic nitrogens is 2. The van der Waals surface area contributed by atoms with Crippen LogP contribution in [0.15, 0.2) is 18.3 Å². The molecular formula is C20H19F3N6O3. The van der Waals surface area contributed by atoms with Gasteiger partial charge in [-0.05, 0) is 13.8 Å². The Morgan fingerprint density at radius 3 is 2.69 bits per heavy atom. The van der Waals surface area contributed by atoms with E-state index in [9.17, 15) is 28.0 Å². The van der Waals surface area contributed by atoms with E-state index in [0.29, 0.717) is 30.1 Å². The molecule has 2 aliphatic rings. The van der Waals surface area contributed by atoms with Crippen molar-refractivity contribution < 1.29 is 27.5 Å². The third kappa shape index (κ3) is 3.70. The van der Waals surface area contributed by atoms with E-state index >= 15 is 0 Å². The van der Waals surface area contributed by atoms with Gasteiger partial charge in [-0.2, -0.15) is 10.4 Å². The summed E-state index contributed by atoms with van der Waals surface area (Å²) in [6, 6.07) is 2.51. The van der Waals surface area contributed by atoms with Crippen molar-refractivity contribution in [3.63, 3.8) is 0 Å². The van der Waals surface area contributed by atoms with Gasteiger partial charge in [-0.15, -0.1) is 0 Å². The molecule has 0 aliphatic carbocycles. The Balaban J connectivity index is 1.58. The molecule has 12 heteroatoms. The molecular weight excluding hydrogens is 429 g/mol. The van der Waals surface area contributed by atoms with E-state index in [-0.39, 0.29) is 31.4 Å². The van der Waals surface area contributed by atoms with Crippen molar-refractivity contribution in [2.45, 2.75) is 33.0 Å². The van der Waals surface area contributed by atoms with Crippen LogP contribution < -0.4 is 10.2 Å². The highest BCUT2D eigenvalue weighted by atomic mass is 19.2. The van der Waals surface area contributed by atoms with Crippen molar-refractivity contribution in [3.8, 4) is 6.07 Å². The van der Waals surface area contributed by atoms with Crippen LogP contribution in [0.4, 0.5) is 34.1 Å². The molecule has 168 valence electrons. The number of ether oxygens (including phenoxy) is 1. The first kappa shape index (κ1) is 21.5. The number of nitriles is 1. The molecule has 3 heterocycles. The average molecular weight is 448 g/mol. The van der Waals surface area contributed by atoms with Crippen LogP contribution in [0, 0.1) is 34.2 Å². The van der Waals surface area contributed by atoms with E-state index < -0.39 is 35.0 Å². The fraction of sp³-hybridized carbons (Fsp3) is 0.400. The highest BCUT2D eigenvalue weighted by Gasteiger charge is 2.40. The third-order valence-corrected chi connectivity index (χ3v) is 5.51. The number of nitrogens with one attached hydrogen (secondary N) is 1. The molecule has 2 atom stereocenters. The van der Waals surface area contributed by atoms with Crippen LogP contribution >= 0.6 is 0 Å². The number of nitrogens with zero attached hydrogens (tertiary/aromatic N) is 5. The normalized spacial score (nSPS) is 22.8. The van der Waals surface area contributed by atoms with E-state index in [1.54, 1.807) is 18.5 Å². The number of benzene rings is 1. The average Bonchev–Trinajstić information content (AvgIpc) is 3.15. The van der Waals surface area contributed by atoms with E-state index in [1.165, 1.54) is 16.0 Å². The van der Waals surface area contributed by atoms with Gasteiger partial charge in [0.1, 0.15) is 12.0 Å². The van der Waals surface area contributed by atoms with Crippen LogP contribution in [-0.4, -0.2) is 46.0 Å². The van der Waals surface area contributed by atoms with E-state index in [4.69, 9.17) is 4.74 Å². The first-order chi connectivity index (χ1) is 15.1. The second kappa shape index (κ2) is 7.74. The maximum absolute atomic E-state index is 13.5. The molecule has 1 unspecified atom stereocenters. The topological polar surface area (TPSA) is 103 Å². The van der Waals surface area contributed by atoms with Crippen molar-refractivity contribution in [1.29, 1.82) is 5.26 Å². The Kier molecular flexibility index (Phi) is 5.20. The van der Waals surface area contributed by atoms with Crippen LogP contribution in [0.3, 0.4) is 0 Å². The zero-order valence-corrected chi connectivity index (χ0v) is 17.2. The van der Waals surface area contributed by atoms with Crippen molar-refractivity contribution in [1.82, 2.24) is 14.7 Å². The molecule has 1 saturated heterocycles. The van der Waals surface area contributed by atoms with E-state index in [0.717, 1.165) is 0 Å². The molecule has 0 spiro atoms. The largest absolute Gasteiger partial charge is 0.447 e. The van der Waals surface area contributed by atoms with Crippen LogP contribution in [0.25, 0.3) is 0 Å². The lowest BCUT2D eigenvalue weighted by Gasteiger charge is -2.37. The molecule has 0 bridgehead atoms. The lowest BCUT2D eigenvalue weighted by Crippen LogP contribution is -2.50. The zero-order chi connectivity index (χ0) is 23.2. The molecule has 32 heavy (non-hydrogen) atoms. The highest BCUT2D eigenvalue weighted by Crippen LogP contribution is 2.33. The van der Waals surface area contributed by atoms with Gasteiger partial charge < -0.3 is 15.0 Å². The number of carbonyl (C=O) groups excluding carboxylic acids is 2. The zero-order valence-electron chi connectivity index (χ0n) is 17.2. The number of rotatable bonds is 2. The number of cyclic esters (lactones) is 1. The SMILES string of the molecule is C[C@H]1Cn2ncc(N3CC(C)(C#N)COC3=O)c2CN1C(=O)Nc1cc(F)c(F)c(F)c1. The Hall–Kier alpha value is -3.75. The second-order valence-electron chi connectivity index (χ2n) is 8.13. The van der Waals surface area contributed by atoms with Crippen molar-refractivity contribution >= 4 is 23.5 Å². The second-order valence-corrected chi connectivity index (χ2v) is 8.13. The third-order valence-electron chi connectivity index (χ3n) is 5.51. The molecule has 2 aromatic rings. The van der Waals surface area contributed by atoms with Gasteiger partial charge in [0.2, 0.25) is 0 Å². The minimum absolute atomic E-state index is 0.0291. The number of hydrogen-bond acceptors (Lipinski definition) is 5. The van der Waals surface area contributed by atoms with E-state index in [1.807, 2.05) is 0 Å². The Bertz CT molecular complexity index is 1120. The van der Waals surface area contributed by atoms with E-state index in [2.05, 4.69) is 16.5 Å². The Morgan fingerprint density at radius 1 is 1.34 bits per heavy atom. The van der Waals surface area contributed by atoms with Crippen LogP contribution in [0.5, 0.6) is 0 Å². The summed E-state index contributed by atoms with van der Waals surface area (Å²) < 4.78 is 47.0. The van der Waals surface area contributed by atoms with Gasteiger partial charge in [0.05, 0.1) is 49.3 Å². The molecule has 0 radical (unpaired) electrons. The molecule has 1 aromatic heterocycles. The number of urea groups is 1. The lowest BCUT2D eigenvalue weighted by atomic mass is 9.92. The first-order valence-corrected chi connectivity index (χ1v) is 9.74.